The van der Waals surface area contributed by atoms with Gasteiger partial charge in [0.15, 0.2) is 5.82 Å². The van der Waals surface area contributed by atoms with Gasteiger partial charge in [-0.15, -0.1) is 0 Å². The van der Waals surface area contributed by atoms with Crippen LogP contribution in [-0.2, 0) is 11.8 Å². The van der Waals surface area contributed by atoms with E-state index in [9.17, 15) is 0 Å². The Labute approximate surface area is 205 Å². The number of hydrogen-bond acceptors (Lipinski definition) is 3. The largest absolute Gasteiger partial charge is 0.350 e. The molecule has 34 heavy (non-hydrogen) atoms. The second-order valence-electron chi connectivity index (χ2n) is 10.7. The van der Waals surface area contributed by atoms with E-state index < -0.39 is 0 Å². The molecule has 0 saturated carbocycles. The molecule has 0 N–H and O–H groups in total. The molecule has 178 valence electrons. The van der Waals surface area contributed by atoms with Gasteiger partial charge < -0.3 is 9.80 Å². The summed E-state index contributed by atoms with van der Waals surface area (Å²) in [6, 6.07) is 20.6. The monoisotopic (exact) mass is 453 g/mol. The summed E-state index contributed by atoms with van der Waals surface area (Å²) in [5.74, 6) is 1.08. The molecule has 3 unspecified atom stereocenters. The first-order chi connectivity index (χ1) is 16.4. The summed E-state index contributed by atoms with van der Waals surface area (Å²) < 4.78 is 0. The Morgan fingerprint density at radius 3 is 2.29 bits per heavy atom. The van der Waals surface area contributed by atoms with Crippen LogP contribution in [0, 0.1) is 5.41 Å². The summed E-state index contributed by atoms with van der Waals surface area (Å²) in [6.45, 7) is 11.9. The molecular formula is C31H39N3. The van der Waals surface area contributed by atoms with Crippen molar-refractivity contribution in [2.45, 2.75) is 78.3 Å². The summed E-state index contributed by atoms with van der Waals surface area (Å²) in [5, 5.41) is 0. The minimum atomic E-state index is 0.0666. The fourth-order valence-electron chi connectivity index (χ4n) is 6.61. The molecule has 0 aliphatic carbocycles. The number of rotatable bonds is 6. The van der Waals surface area contributed by atoms with Crippen LogP contribution in [0.4, 0.5) is 17.2 Å². The molecule has 3 heteroatoms. The van der Waals surface area contributed by atoms with Gasteiger partial charge >= 0.3 is 0 Å². The number of hydrogen-bond donors (Lipinski definition) is 0. The zero-order chi connectivity index (χ0) is 24.1. The van der Waals surface area contributed by atoms with E-state index in [0.29, 0.717) is 0 Å². The van der Waals surface area contributed by atoms with Crippen molar-refractivity contribution in [2.24, 2.45) is 5.41 Å². The molecule has 3 nitrogen and oxygen atoms in total. The fraction of sp³-hybridized carbons (Fsp3) is 0.452. The van der Waals surface area contributed by atoms with E-state index in [4.69, 9.17) is 4.98 Å². The third-order valence-corrected chi connectivity index (χ3v) is 9.22. The maximum absolute atomic E-state index is 4.89. The first-order valence-corrected chi connectivity index (χ1v) is 13.1. The van der Waals surface area contributed by atoms with Crippen LogP contribution in [-0.4, -0.2) is 18.2 Å². The lowest BCUT2D eigenvalue weighted by molar-refractivity contribution is 0.0943. The first kappa shape index (κ1) is 23.0. The van der Waals surface area contributed by atoms with Crippen LogP contribution >= 0.6 is 0 Å². The molecule has 2 aliphatic heterocycles. The van der Waals surface area contributed by atoms with Gasteiger partial charge in [0.25, 0.3) is 0 Å². The van der Waals surface area contributed by atoms with Crippen LogP contribution in [0.2, 0.25) is 0 Å². The zero-order valence-corrected chi connectivity index (χ0v) is 21.7. The van der Waals surface area contributed by atoms with Crippen molar-refractivity contribution >= 4 is 17.2 Å². The summed E-state index contributed by atoms with van der Waals surface area (Å²) >= 11 is 0. The van der Waals surface area contributed by atoms with E-state index in [1.165, 1.54) is 46.5 Å². The van der Waals surface area contributed by atoms with Crippen LogP contribution in [0.3, 0.4) is 0 Å². The predicted octanol–water partition coefficient (Wildman–Crippen LogP) is 8.10. The van der Waals surface area contributed by atoms with Gasteiger partial charge in [0.2, 0.25) is 0 Å². The van der Waals surface area contributed by atoms with Crippen LogP contribution in [0.1, 0.15) is 71.4 Å². The summed E-state index contributed by atoms with van der Waals surface area (Å²) in [4.78, 5) is 9.90. The summed E-state index contributed by atoms with van der Waals surface area (Å²) in [6.07, 6.45) is 8.04. The van der Waals surface area contributed by atoms with Crippen LogP contribution in [0.25, 0.3) is 11.1 Å². The number of fused-ring (bicyclic) bond motifs is 5. The first-order valence-electron chi connectivity index (χ1n) is 13.1. The third-order valence-electron chi connectivity index (χ3n) is 9.22. The predicted molar refractivity (Wildman–Crippen MR) is 145 cm³/mol. The molecule has 0 spiro atoms. The van der Waals surface area contributed by atoms with E-state index in [2.05, 4.69) is 106 Å². The van der Waals surface area contributed by atoms with E-state index in [1.54, 1.807) is 0 Å². The Morgan fingerprint density at radius 1 is 0.882 bits per heavy atom. The molecule has 0 bridgehead atoms. The number of aryl methyl sites for hydroxylation is 1. The van der Waals surface area contributed by atoms with Crippen molar-refractivity contribution < 1.29 is 0 Å². The van der Waals surface area contributed by atoms with Crippen molar-refractivity contribution in [1.82, 2.24) is 4.98 Å². The molecule has 0 amide bonds. The normalized spacial score (nSPS) is 25.2. The highest BCUT2D eigenvalue weighted by Gasteiger charge is 2.59. The van der Waals surface area contributed by atoms with Gasteiger partial charge in [0.05, 0.1) is 5.69 Å². The van der Waals surface area contributed by atoms with Gasteiger partial charge in [-0.1, -0.05) is 77.4 Å². The molecule has 0 fully saturated rings. The van der Waals surface area contributed by atoms with Crippen molar-refractivity contribution in [1.29, 1.82) is 0 Å². The van der Waals surface area contributed by atoms with Crippen LogP contribution in [0.15, 0.2) is 60.8 Å². The topological polar surface area (TPSA) is 19.4 Å². The molecule has 0 radical (unpaired) electrons. The average molecular weight is 454 g/mol. The summed E-state index contributed by atoms with van der Waals surface area (Å²) in [7, 11) is 2.25. The lowest BCUT2D eigenvalue weighted by Gasteiger charge is -2.58. The Kier molecular flexibility index (Phi) is 5.70. The van der Waals surface area contributed by atoms with E-state index in [-0.39, 0.29) is 17.0 Å². The van der Waals surface area contributed by atoms with Crippen molar-refractivity contribution in [3.05, 3.63) is 71.9 Å². The smallest absolute Gasteiger partial charge is 0.158 e. The highest BCUT2D eigenvalue weighted by Crippen LogP contribution is 2.62. The maximum Gasteiger partial charge on any atom is 0.158 e. The number of nitrogens with zero attached hydrogens (tertiary/aromatic N) is 3. The molecular weight excluding hydrogens is 414 g/mol. The molecule has 2 aliphatic rings. The van der Waals surface area contributed by atoms with Gasteiger partial charge in [0, 0.05) is 29.8 Å². The zero-order valence-electron chi connectivity index (χ0n) is 21.7. The molecule has 5 rings (SSSR count). The lowest BCUT2D eigenvalue weighted by atomic mass is 9.55. The lowest BCUT2D eigenvalue weighted by Crippen LogP contribution is -2.62. The third kappa shape index (κ3) is 3.12. The molecule has 3 atom stereocenters. The maximum atomic E-state index is 4.89. The number of benzene rings is 2. The van der Waals surface area contributed by atoms with E-state index in [0.717, 1.165) is 25.1 Å². The van der Waals surface area contributed by atoms with Crippen LogP contribution in [0.5, 0.6) is 0 Å². The van der Waals surface area contributed by atoms with Gasteiger partial charge in [-0.05, 0) is 66.1 Å². The molecule has 1 aromatic heterocycles. The number of unbranched alkanes of at least 4 members (excludes halogenated alkanes) is 1. The van der Waals surface area contributed by atoms with Gasteiger partial charge in [-0.3, -0.25) is 0 Å². The number of pyridine rings is 1. The second kappa shape index (κ2) is 8.45. The Bertz CT molecular complexity index is 1180. The minimum Gasteiger partial charge on any atom is -0.350 e. The molecule has 2 aromatic carbocycles. The quantitative estimate of drug-likeness (QED) is 0.376. The molecule has 3 heterocycles. The van der Waals surface area contributed by atoms with Crippen molar-refractivity contribution in [2.75, 3.05) is 16.8 Å². The van der Waals surface area contributed by atoms with Gasteiger partial charge in [-0.2, -0.15) is 0 Å². The summed E-state index contributed by atoms with van der Waals surface area (Å²) in [5.41, 5.74) is 8.14. The number of anilines is 3. The molecule has 0 saturated heterocycles. The molecule has 3 aromatic rings. The minimum absolute atomic E-state index is 0.0666. The van der Waals surface area contributed by atoms with Gasteiger partial charge in [0.1, 0.15) is 6.17 Å². The average Bonchev–Trinajstić information content (AvgIpc) is 3.19. The standard InChI is InChI=1S/C31H39N3/c1-7-10-12-22-14-16-23(17-15-22)24-18-19-25-27(21-24)34-28-26(13-11-20-32-28)33(6)29(34)31(5,9-3)30(25,4)8-2/h11,13-21,29H,7-10,12H2,1-6H3. The number of aromatic nitrogens is 1. The van der Waals surface area contributed by atoms with Crippen molar-refractivity contribution in [3.63, 3.8) is 0 Å². The van der Waals surface area contributed by atoms with E-state index in [1.807, 2.05) is 6.20 Å². The SMILES string of the molecule is CCCCc1ccc(-c2ccc3c(c2)N2c4ncccc4N(C)C2C(C)(CC)C3(C)CC)cc1. The Balaban J connectivity index is 1.68. The second-order valence-corrected chi connectivity index (χ2v) is 10.7. The van der Waals surface area contributed by atoms with Crippen molar-refractivity contribution in [3.8, 4) is 11.1 Å². The Hall–Kier alpha value is -2.81. The Morgan fingerprint density at radius 2 is 1.62 bits per heavy atom. The highest BCUT2D eigenvalue weighted by molar-refractivity contribution is 5.86. The highest BCUT2D eigenvalue weighted by atomic mass is 15.5. The van der Waals surface area contributed by atoms with Gasteiger partial charge in [-0.25, -0.2) is 4.98 Å². The van der Waals surface area contributed by atoms with E-state index >= 15 is 0 Å². The van der Waals surface area contributed by atoms with Crippen LogP contribution < -0.4 is 9.80 Å². The fourth-order valence-corrected chi connectivity index (χ4v) is 6.61.